The van der Waals surface area contributed by atoms with E-state index in [-0.39, 0.29) is 11.7 Å². The van der Waals surface area contributed by atoms with Crippen LogP contribution in [0.3, 0.4) is 0 Å². The summed E-state index contributed by atoms with van der Waals surface area (Å²) in [6.45, 7) is 1.83. The standard InChI is InChI=1S/C10H10FNS/c1-8(6-12)7-13-10-5-3-2-4-9(10)11/h2-5,8H,7H2,1H3. The average Bonchev–Trinajstić information content (AvgIpc) is 2.16. The fourth-order valence-electron chi connectivity index (χ4n) is 0.814. The third kappa shape index (κ3) is 3.08. The van der Waals surface area contributed by atoms with Crippen LogP contribution in [0, 0.1) is 23.1 Å². The Labute approximate surface area is 81.6 Å². The van der Waals surface area contributed by atoms with E-state index in [4.69, 9.17) is 5.26 Å². The lowest BCUT2D eigenvalue weighted by Gasteiger charge is -2.03. The van der Waals surface area contributed by atoms with Crippen LogP contribution >= 0.6 is 11.8 Å². The van der Waals surface area contributed by atoms with Gasteiger partial charge in [0.1, 0.15) is 5.82 Å². The summed E-state index contributed by atoms with van der Waals surface area (Å²) in [5, 5.41) is 8.53. The molecule has 68 valence electrons. The SMILES string of the molecule is CC(C#N)CSc1ccccc1F. The van der Waals surface area contributed by atoms with E-state index in [2.05, 4.69) is 6.07 Å². The second kappa shape index (κ2) is 4.88. The van der Waals surface area contributed by atoms with Crippen molar-refractivity contribution in [1.29, 1.82) is 5.26 Å². The van der Waals surface area contributed by atoms with Crippen LogP contribution < -0.4 is 0 Å². The summed E-state index contributed by atoms with van der Waals surface area (Å²) >= 11 is 1.38. The third-order valence-electron chi connectivity index (χ3n) is 1.55. The van der Waals surface area contributed by atoms with E-state index in [0.717, 1.165) is 0 Å². The van der Waals surface area contributed by atoms with E-state index in [0.29, 0.717) is 10.6 Å². The number of hydrogen-bond acceptors (Lipinski definition) is 2. The first-order chi connectivity index (χ1) is 6.24. The Morgan fingerprint density at radius 1 is 1.54 bits per heavy atom. The van der Waals surface area contributed by atoms with E-state index in [9.17, 15) is 4.39 Å². The van der Waals surface area contributed by atoms with Gasteiger partial charge in [0.05, 0.1) is 12.0 Å². The summed E-state index contributed by atoms with van der Waals surface area (Å²) in [6.07, 6.45) is 0. The highest BCUT2D eigenvalue weighted by Crippen LogP contribution is 2.22. The molecular formula is C10H10FNS. The average molecular weight is 195 g/mol. The summed E-state index contributed by atoms with van der Waals surface area (Å²) in [4.78, 5) is 0.615. The largest absolute Gasteiger partial charge is 0.206 e. The highest BCUT2D eigenvalue weighted by atomic mass is 32.2. The molecule has 0 aliphatic heterocycles. The van der Waals surface area contributed by atoms with E-state index in [1.54, 1.807) is 18.2 Å². The molecule has 0 bridgehead atoms. The molecule has 0 aromatic heterocycles. The molecule has 0 aliphatic rings. The lowest BCUT2D eigenvalue weighted by Crippen LogP contribution is -1.93. The number of halogens is 1. The van der Waals surface area contributed by atoms with Crippen molar-refractivity contribution in [2.24, 2.45) is 5.92 Å². The maximum atomic E-state index is 13.0. The number of nitrogens with zero attached hydrogens (tertiary/aromatic N) is 1. The molecule has 1 aromatic rings. The number of rotatable bonds is 3. The zero-order chi connectivity index (χ0) is 9.68. The van der Waals surface area contributed by atoms with E-state index < -0.39 is 0 Å². The van der Waals surface area contributed by atoms with Gasteiger partial charge < -0.3 is 0 Å². The van der Waals surface area contributed by atoms with Gasteiger partial charge in [-0.15, -0.1) is 11.8 Å². The lowest BCUT2D eigenvalue weighted by molar-refractivity contribution is 0.602. The van der Waals surface area contributed by atoms with Crippen LogP contribution in [0.2, 0.25) is 0 Å². The molecule has 0 saturated heterocycles. The Morgan fingerprint density at radius 3 is 2.85 bits per heavy atom. The number of benzene rings is 1. The van der Waals surface area contributed by atoms with Crippen molar-refractivity contribution in [1.82, 2.24) is 0 Å². The molecule has 0 fully saturated rings. The molecule has 3 heteroatoms. The van der Waals surface area contributed by atoms with Gasteiger partial charge in [-0.25, -0.2) is 4.39 Å². The minimum Gasteiger partial charge on any atom is -0.206 e. The summed E-state index contributed by atoms with van der Waals surface area (Å²) in [6, 6.07) is 8.72. The highest BCUT2D eigenvalue weighted by molar-refractivity contribution is 7.99. The van der Waals surface area contributed by atoms with Gasteiger partial charge in [0.15, 0.2) is 0 Å². The molecular weight excluding hydrogens is 185 g/mol. The van der Waals surface area contributed by atoms with Crippen molar-refractivity contribution in [3.05, 3.63) is 30.1 Å². The van der Waals surface area contributed by atoms with Gasteiger partial charge in [0.25, 0.3) is 0 Å². The number of hydrogen-bond donors (Lipinski definition) is 0. The number of nitriles is 1. The predicted octanol–water partition coefficient (Wildman–Crippen LogP) is 3.08. The zero-order valence-electron chi connectivity index (χ0n) is 7.33. The van der Waals surface area contributed by atoms with Gasteiger partial charge >= 0.3 is 0 Å². The van der Waals surface area contributed by atoms with Crippen LogP contribution in [0.4, 0.5) is 4.39 Å². The van der Waals surface area contributed by atoms with Gasteiger partial charge in [-0.05, 0) is 19.1 Å². The maximum Gasteiger partial charge on any atom is 0.136 e. The minimum absolute atomic E-state index is 0.0374. The molecule has 0 spiro atoms. The topological polar surface area (TPSA) is 23.8 Å². The van der Waals surface area contributed by atoms with Gasteiger partial charge in [-0.2, -0.15) is 5.26 Å². The van der Waals surface area contributed by atoms with Crippen molar-refractivity contribution in [2.75, 3.05) is 5.75 Å². The molecule has 1 aromatic carbocycles. The molecule has 0 aliphatic carbocycles. The molecule has 0 radical (unpaired) electrons. The van der Waals surface area contributed by atoms with Gasteiger partial charge in [-0.1, -0.05) is 12.1 Å². The highest BCUT2D eigenvalue weighted by Gasteiger charge is 2.04. The van der Waals surface area contributed by atoms with E-state index in [1.165, 1.54) is 17.8 Å². The fourth-order valence-corrected chi connectivity index (χ4v) is 1.70. The second-order valence-electron chi connectivity index (χ2n) is 2.77. The summed E-state index contributed by atoms with van der Waals surface area (Å²) in [5.74, 6) is 0.388. The summed E-state index contributed by atoms with van der Waals surface area (Å²) < 4.78 is 13.0. The second-order valence-corrected chi connectivity index (χ2v) is 3.83. The Kier molecular flexibility index (Phi) is 3.78. The van der Waals surface area contributed by atoms with Crippen molar-refractivity contribution < 1.29 is 4.39 Å². The normalized spacial score (nSPS) is 12.1. The maximum absolute atomic E-state index is 13.0. The molecule has 1 nitrogen and oxygen atoms in total. The first-order valence-electron chi connectivity index (χ1n) is 4.01. The zero-order valence-corrected chi connectivity index (χ0v) is 8.14. The monoisotopic (exact) mass is 195 g/mol. The Bertz CT molecular complexity index is 319. The summed E-state index contributed by atoms with van der Waals surface area (Å²) in [7, 11) is 0. The molecule has 1 atom stereocenters. The van der Waals surface area contributed by atoms with E-state index in [1.807, 2.05) is 6.92 Å². The van der Waals surface area contributed by atoms with Crippen LogP contribution in [0.25, 0.3) is 0 Å². The fraction of sp³-hybridized carbons (Fsp3) is 0.300. The molecule has 1 unspecified atom stereocenters. The predicted molar refractivity (Wildman–Crippen MR) is 51.9 cm³/mol. The van der Waals surface area contributed by atoms with E-state index >= 15 is 0 Å². The van der Waals surface area contributed by atoms with Gasteiger partial charge in [-0.3, -0.25) is 0 Å². The molecule has 0 amide bonds. The smallest absolute Gasteiger partial charge is 0.136 e. The van der Waals surface area contributed by atoms with Crippen molar-refractivity contribution in [2.45, 2.75) is 11.8 Å². The minimum atomic E-state index is -0.211. The Hall–Kier alpha value is -1.01. The molecule has 0 saturated carbocycles. The van der Waals surface area contributed by atoms with Gasteiger partial charge in [0.2, 0.25) is 0 Å². The third-order valence-corrected chi connectivity index (χ3v) is 2.85. The molecule has 13 heavy (non-hydrogen) atoms. The van der Waals surface area contributed by atoms with Crippen LogP contribution in [0.1, 0.15) is 6.92 Å². The quantitative estimate of drug-likeness (QED) is 0.692. The van der Waals surface area contributed by atoms with Crippen molar-refractivity contribution >= 4 is 11.8 Å². The Morgan fingerprint density at radius 2 is 2.23 bits per heavy atom. The lowest BCUT2D eigenvalue weighted by atomic mass is 10.3. The summed E-state index contributed by atoms with van der Waals surface area (Å²) in [5.41, 5.74) is 0. The number of thioether (sulfide) groups is 1. The first kappa shape index (κ1) is 10.1. The molecule has 0 N–H and O–H groups in total. The first-order valence-corrected chi connectivity index (χ1v) is 4.99. The van der Waals surface area contributed by atoms with Gasteiger partial charge in [0, 0.05) is 10.6 Å². The van der Waals surface area contributed by atoms with Crippen LogP contribution in [-0.4, -0.2) is 5.75 Å². The van der Waals surface area contributed by atoms with Crippen LogP contribution in [0.5, 0.6) is 0 Å². The molecule has 1 rings (SSSR count). The van der Waals surface area contributed by atoms with Crippen molar-refractivity contribution in [3.63, 3.8) is 0 Å². The Balaban J connectivity index is 2.56. The molecule has 0 heterocycles. The van der Waals surface area contributed by atoms with Crippen LogP contribution in [0.15, 0.2) is 29.2 Å². The van der Waals surface area contributed by atoms with Crippen LogP contribution in [-0.2, 0) is 0 Å². The van der Waals surface area contributed by atoms with Crippen molar-refractivity contribution in [3.8, 4) is 6.07 Å².